The molecule has 1 aliphatic heterocycles. The van der Waals surface area contributed by atoms with Crippen LogP contribution in [-0.2, 0) is 9.31 Å². The quantitative estimate of drug-likeness (QED) is 0.0848. The van der Waals surface area contributed by atoms with Crippen LogP contribution in [0.3, 0.4) is 0 Å². The number of halogens is 3. The van der Waals surface area contributed by atoms with Crippen molar-refractivity contribution in [2.75, 3.05) is 19.0 Å². The van der Waals surface area contributed by atoms with E-state index in [2.05, 4.69) is 106 Å². The number of nitrogens with zero attached hydrogens (tertiary/aromatic N) is 13. The molecule has 81 heavy (non-hydrogen) atoms. The highest BCUT2D eigenvalue weighted by Gasteiger charge is 2.51. The first-order valence-electron chi connectivity index (χ1n) is 26.1. The molecule has 0 aliphatic carbocycles. The third-order valence-electron chi connectivity index (χ3n) is 13.3. The van der Waals surface area contributed by atoms with Crippen molar-refractivity contribution in [2.45, 2.75) is 59.2 Å². The lowest BCUT2D eigenvalue weighted by atomic mass is 9.80. The number of fused-ring (bicyclic) bond motifs is 3. The van der Waals surface area contributed by atoms with E-state index in [-0.39, 0.29) is 0 Å². The molecule has 408 valence electrons. The lowest BCUT2D eigenvalue weighted by Gasteiger charge is -2.32. The molecule has 0 saturated carbocycles. The van der Waals surface area contributed by atoms with Gasteiger partial charge in [-0.3, -0.25) is 28.7 Å². The standard InChI is InChI=1S/C19H17N5.C17H11FN4.C12H8IN3.C11H15BFNO2.C3H8/c1-23(2)19-11-15(6-9-21-19)16-3-4-18(22-12-16)24-10-7-14-5-8-20-13-17(14)24;18-16-9-13(4-7-20-16)14-1-2-17(21-10-14)22-8-5-12-3-6-19-11-15(12)22;13-10-1-2-12(15-7-10)16-6-4-9-3-5-14-8-11(9)16;1-10(2)11(3,4)16-12(15-10)8-5-6-14-9(13)7-8;1-3-2/h3-13H,1-2H3;1-11H;1-8H;5-7H,1-4H3;3H2,1-2H3. The minimum Gasteiger partial charge on any atom is -0.399 e. The summed E-state index contributed by atoms with van der Waals surface area (Å²) in [4.78, 5) is 39.4. The Morgan fingerprint density at radius 2 is 0.889 bits per heavy atom. The van der Waals surface area contributed by atoms with Gasteiger partial charge >= 0.3 is 7.12 Å². The monoisotopic (exact) mass is 1190 g/mol. The molecule has 12 aromatic rings. The molecule has 0 atom stereocenters. The van der Waals surface area contributed by atoms with Crippen LogP contribution < -0.4 is 10.4 Å². The maximum Gasteiger partial charge on any atom is 0.495 e. The molecule has 0 radical (unpaired) electrons. The summed E-state index contributed by atoms with van der Waals surface area (Å²) in [6.07, 6.45) is 28.3. The van der Waals surface area contributed by atoms with Gasteiger partial charge in [0.15, 0.2) is 0 Å². The van der Waals surface area contributed by atoms with Crippen molar-refractivity contribution in [2.24, 2.45) is 0 Å². The van der Waals surface area contributed by atoms with E-state index in [1.54, 1.807) is 36.9 Å². The van der Waals surface area contributed by atoms with Gasteiger partial charge in [0.25, 0.3) is 0 Å². The van der Waals surface area contributed by atoms with E-state index in [0.29, 0.717) is 5.46 Å². The molecule has 1 aliphatic rings. The molecule has 13 rings (SSSR count). The third kappa shape index (κ3) is 13.7. The highest BCUT2D eigenvalue weighted by molar-refractivity contribution is 14.1. The highest BCUT2D eigenvalue weighted by Crippen LogP contribution is 2.36. The van der Waals surface area contributed by atoms with E-state index in [1.165, 1.54) is 36.3 Å². The first-order valence-corrected chi connectivity index (χ1v) is 27.2. The smallest absolute Gasteiger partial charge is 0.399 e. The van der Waals surface area contributed by atoms with Crippen LogP contribution in [-0.4, -0.2) is 91.0 Å². The summed E-state index contributed by atoms with van der Waals surface area (Å²) >= 11 is 2.25. The summed E-state index contributed by atoms with van der Waals surface area (Å²) in [7, 11) is 3.44. The summed E-state index contributed by atoms with van der Waals surface area (Å²) in [6, 6.07) is 34.3. The van der Waals surface area contributed by atoms with Crippen LogP contribution in [0.15, 0.2) is 202 Å². The molecule has 0 unspecified atom stereocenters. The van der Waals surface area contributed by atoms with Gasteiger partial charge in [0.1, 0.15) is 23.3 Å². The average Bonchev–Trinajstić information content (AvgIpc) is 4.29. The molecule has 12 aromatic heterocycles. The number of hydrogen-bond acceptors (Lipinski definition) is 12. The lowest BCUT2D eigenvalue weighted by molar-refractivity contribution is 0.00578. The molecule has 0 N–H and O–H groups in total. The fourth-order valence-electron chi connectivity index (χ4n) is 8.40. The second-order valence-electron chi connectivity index (χ2n) is 19.9. The normalized spacial score (nSPS) is 13.0. The van der Waals surface area contributed by atoms with Crippen molar-refractivity contribution < 1.29 is 18.1 Å². The zero-order valence-electron chi connectivity index (χ0n) is 46.1. The number of rotatable bonds is 7. The van der Waals surface area contributed by atoms with E-state index in [1.807, 2.05) is 177 Å². The molecular weight excluding hydrogens is 1130 g/mol. The van der Waals surface area contributed by atoms with Crippen LogP contribution in [0.4, 0.5) is 14.6 Å². The number of hydrogen-bond donors (Lipinski definition) is 0. The summed E-state index contributed by atoms with van der Waals surface area (Å²) in [5, 5.41) is 3.44. The van der Waals surface area contributed by atoms with Gasteiger partial charge in [0.2, 0.25) is 11.9 Å². The Morgan fingerprint density at radius 1 is 0.469 bits per heavy atom. The zero-order chi connectivity index (χ0) is 57.1. The van der Waals surface area contributed by atoms with Gasteiger partial charge in [-0.1, -0.05) is 20.3 Å². The zero-order valence-corrected chi connectivity index (χ0v) is 48.3. The van der Waals surface area contributed by atoms with Crippen LogP contribution in [0.1, 0.15) is 48.0 Å². The topological polar surface area (TPSA) is 152 Å². The molecule has 0 aromatic carbocycles. The van der Waals surface area contributed by atoms with E-state index >= 15 is 0 Å². The predicted molar refractivity (Wildman–Crippen MR) is 326 cm³/mol. The molecule has 15 nitrogen and oxygen atoms in total. The van der Waals surface area contributed by atoms with Crippen molar-refractivity contribution in [3.05, 3.63) is 218 Å². The Bertz CT molecular complexity index is 3990. The maximum atomic E-state index is 13.2. The van der Waals surface area contributed by atoms with E-state index in [9.17, 15) is 8.78 Å². The van der Waals surface area contributed by atoms with Crippen molar-refractivity contribution in [3.63, 3.8) is 0 Å². The predicted octanol–water partition coefficient (Wildman–Crippen LogP) is 13.1. The molecular formula is C62H59BF2IN13O2. The summed E-state index contributed by atoms with van der Waals surface area (Å²) in [5.74, 6) is 2.50. The SMILES string of the molecule is CC1(C)OB(c2ccnc(F)c2)OC1(C)C.CCC.CN(C)c1cc(-c2ccc(-n3ccc4ccncc43)nc2)ccn1.Fc1cc(-c2ccc(-n3ccc4ccncc43)nc2)ccn1.Ic1ccc(-n2ccc3ccncc32)nc1. The van der Waals surface area contributed by atoms with Gasteiger partial charge in [-0.2, -0.15) is 8.78 Å². The minimum atomic E-state index is -0.525. The third-order valence-corrected chi connectivity index (χ3v) is 13.9. The van der Waals surface area contributed by atoms with Gasteiger partial charge in [-0.05, 0) is 170 Å². The van der Waals surface area contributed by atoms with Crippen LogP contribution in [0.5, 0.6) is 0 Å². The Hall–Kier alpha value is -8.66. The Labute approximate surface area is 483 Å². The van der Waals surface area contributed by atoms with Crippen LogP contribution in [0.2, 0.25) is 0 Å². The summed E-state index contributed by atoms with van der Waals surface area (Å²) in [6.45, 7) is 12.1. The van der Waals surface area contributed by atoms with E-state index in [4.69, 9.17) is 9.31 Å². The van der Waals surface area contributed by atoms with Crippen molar-refractivity contribution in [3.8, 4) is 39.7 Å². The largest absolute Gasteiger partial charge is 0.495 e. The fourth-order valence-corrected chi connectivity index (χ4v) is 8.72. The Balaban J connectivity index is 0.000000130. The second-order valence-corrected chi connectivity index (χ2v) is 21.1. The first-order chi connectivity index (χ1) is 39.1. The average molecular weight is 1190 g/mol. The summed E-state index contributed by atoms with van der Waals surface area (Å²) < 4.78 is 44.9. The van der Waals surface area contributed by atoms with Gasteiger partial charge in [0.05, 0.1) is 46.3 Å². The number of aromatic nitrogens is 12. The van der Waals surface area contributed by atoms with Crippen molar-refractivity contribution in [1.82, 2.24) is 58.6 Å². The van der Waals surface area contributed by atoms with Gasteiger partial charge in [-0.25, -0.2) is 29.9 Å². The second kappa shape index (κ2) is 25.6. The van der Waals surface area contributed by atoms with Crippen LogP contribution >= 0.6 is 22.6 Å². The van der Waals surface area contributed by atoms with Crippen LogP contribution in [0.25, 0.3) is 72.4 Å². The molecule has 19 heteroatoms. The van der Waals surface area contributed by atoms with Crippen molar-refractivity contribution in [1.29, 1.82) is 0 Å². The number of pyridine rings is 9. The van der Waals surface area contributed by atoms with E-state index < -0.39 is 30.2 Å². The lowest BCUT2D eigenvalue weighted by Crippen LogP contribution is -2.41. The van der Waals surface area contributed by atoms with Crippen molar-refractivity contribution >= 4 is 73.7 Å². The molecule has 1 saturated heterocycles. The molecule has 0 amide bonds. The van der Waals surface area contributed by atoms with Gasteiger partial charge < -0.3 is 14.2 Å². The first kappa shape index (κ1) is 57.0. The minimum absolute atomic E-state index is 0.405. The van der Waals surface area contributed by atoms with Gasteiger partial charge in [-0.15, -0.1) is 0 Å². The fraction of sp³-hybridized carbons (Fsp3) is 0.177. The van der Waals surface area contributed by atoms with E-state index in [0.717, 1.165) is 76.4 Å². The summed E-state index contributed by atoms with van der Waals surface area (Å²) in [5.41, 5.74) is 6.75. The maximum absolute atomic E-state index is 13.2. The highest BCUT2D eigenvalue weighted by atomic mass is 127. The molecule has 1 fully saturated rings. The molecule has 0 bridgehead atoms. The van der Waals surface area contributed by atoms with Crippen LogP contribution in [0, 0.1) is 15.5 Å². The molecule has 0 spiro atoms. The van der Waals surface area contributed by atoms with Gasteiger partial charge in [0, 0.05) is 125 Å². The number of anilines is 1. The molecule has 13 heterocycles. The Kier molecular flexibility index (Phi) is 18.1. The Morgan fingerprint density at radius 3 is 1.30 bits per heavy atom.